The molecule has 0 unspecified atom stereocenters. The summed E-state index contributed by atoms with van der Waals surface area (Å²) in [5, 5.41) is 9.83. The number of nitrogens with zero attached hydrogens (tertiary/aromatic N) is 2. The van der Waals surface area contributed by atoms with Gasteiger partial charge < -0.3 is 10.0 Å². The van der Waals surface area contributed by atoms with Gasteiger partial charge in [0.25, 0.3) is 5.91 Å². The van der Waals surface area contributed by atoms with Crippen molar-refractivity contribution in [3.63, 3.8) is 0 Å². The highest BCUT2D eigenvalue weighted by Crippen LogP contribution is 2.27. The Kier molecular flexibility index (Phi) is 4.19. The van der Waals surface area contributed by atoms with E-state index in [2.05, 4.69) is 4.90 Å². The third-order valence-corrected chi connectivity index (χ3v) is 4.85. The minimum atomic E-state index is -0.277. The van der Waals surface area contributed by atoms with E-state index in [0.717, 1.165) is 23.2 Å². The molecule has 6 heteroatoms. The fraction of sp³-hybridized carbons (Fsp3) is 0.400. The van der Waals surface area contributed by atoms with Crippen LogP contribution in [0, 0.1) is 5.82 Å². The van der Waals surface area contributed by atoms with Crippen LogP contribution in [0.4, 0.5) is 4.39 Å². The summed E-state index contributed by atoms with van der Waals surface area (Å²) in [6.45, 7) is 3.71. The van der Waals surface area contributed by atoms with Crippen LogP contribution in [0.1, 0.15) is 9.67 Å². The topological polar surface area (TPSA) is 43.8 Å². The Morgan fingerprint density at radius 2 is 2.00 bits per heavy atom. The van der Waals surface area contributed by atoms with Crippen molar-refractivity contribution in [1.82, 2.24) is 9.80 Å². The van der Waals surface area contributed by atoms with Crippen molar-refractivity contribution < 1.29 is 14.3 Å². The molecule has 2 heterocycles. The molecule has 1 aromatic carbocycles. The zero-order valence-electron chi connectivity index (χ0n) is 11.6. The molecule has 1 fully saturated rings. The first-order valence-corrected chi connectivity index (χ1v) is 7.80. The van der Waals surface area contributed by atoms with Crippen LogP contribution in [-0.4, -0.2) is 60.1 Å². The number of fused-ring (bicyclic) bond motifs is 1. The van der Waals surface area contributed by atoms with Crippen LogP contribution < -0.4 is 0 Å². The summed E-state index contributed by atoms with van der Waals surface area (Å²) in [6, 6.07) is 6.42. The summed E-state index contributed by atoms with van der Waals surface area (Å²) < 4.78 is 14.0. The summed E-state index contributed by atoms with van der Waals surface area (Å²) in [5.74, 6) is -0.263. The van der Waals surface area contributed by atoms with E-state index < -0.39 is 0 Å². The lowest BCUT2D eigenvalue weighted by Crippen LogP contribution is -2.49. The van der Waals surface area contributed by atoms with Gasteiger partial charge in [-0.05, 0) is 23.6 Å². The Morgan fingerprint density at radius 1 is 1.24 bits per heavy atom. The molecule has 2 aromatic rings. The fourth-order valence-corrected chi connectivity index (χ4v) is 3.64. The maximum absolute atomic E-state index is 13.2. The SMILES string of the molecule is O=C(c1cc2ccc(F)cc2s1)N1CCN(CCO)CC1. The van der Waals surface area contributed by atoms with E-state index in [1.807, 2.05) is 11.0 Å². The number of aliphatic hydroxyl groups is 1. The molecule has 0 saturated carbocycles. The molecule has 1 amide bonds. The molecule has 21 heavy (non-hydrogen) atoms. The number of piperazine rings is 1. The molecular weight excluding hydrogens is 291 g/mol. The summed E-state index contributed by atoms with van der Waals surface area (Å²) >= 11 is 1.34. The Labute approximate surface area is 126 Å². The minimum absolute atomic E-state index is 0.0141. The van der Waals surface area contributed by atoms with E-state index in [4.69, 9.17) is 5.11 Å². The zero-order valence-corrected chi connectivity index (χ0v) is 12.4. The van der Waals surface area contributed by atoms with Crippen LogP contribution in [0.15, 0.2) is 24.3 Å². The molecule has 1 aliphatic heterocycles. The first kappa shape index (κ1) is 14.4. The van der Waals surface area contributed by atoms with Crippen molar-refractivity contribution >= 4 is 27.3 Å². The number of hydrogen-bond donors (Lipinski definition) is 1. The van der Waals surface area contributed by atoms with Crippen LogP contribution in [0.25, 0.3) is 10.1 Å². The molecule has 112 valence electrons. The van der Waals surface area contributed by atoms with Crippen molar-refractivity contribution in [1.29, 1.82) is 0 Å². The third-order valence-electron chi connectivity index (χ3n) is 3.77. The van der Waals surface area contributed by atoms with E-state index in [1.165, 1.54) is 23.5 Å². The van der Waals surface area contributed by atoms with Crippen LogP contribution in [0.3, 0.4) is 0 Å². The monoisotopic (exact) mass is 308 g/mol. The molecule has 1 aliphatic rings. The normalized spacial score (nSPS) is 16.6. The van der Waals surface area contributed by atoms with Gasteiger partial charge in [-0.25, -0.2) is 4.39 Å². The molecule has 0 bridgehead atoms. The highest BCUT2D eigenvalue weighted by atomic mass is 32.1. The number of halogens is 1. The Bertz CT molecular complexity index is 650. The predicted octanol–water partition coefficient (Wildman–Crippen LogP) is 1.79. The molecule has 0 radical (unpaired) electrons. The number of rotatable bonds is 3. The molecule has 3 rings (SSSR count). The number of carbonyl (C=O) groups excluding carboxylic acids is 1. The largest absolute Gasteiger partial charge is 0.395 e. The van der Waals surface area contributed by atoms with E-state index in [0.29, 0.717) is 24.5 Å². The zero-order chi connectivity index (χ0) is 14.8. The van der Waals surface area contributed by atoms with Gasteiger partial charge in [0.1, 0.15) is 5.82 Å². The van der Waals surface area contributed by atoms with Gasteiger partial charge in [0.2, 0.25) is 0 Å². The summed E-state index contributed by atoms with van der Waals surface area (Å²) in [7, 11) is 0. The molecule has 0 atom stereocenters. The van der Waals surface area contributed by atoms with Gasteiger partial charge in [-0.1, -0.05) is 6.07 Å². The van der Waals surface area contributed by atoms with Crippen molar-refractivity contribution in [3.05, 3.63) is 35.0 Å². The second-order valence-electron chi connectivity index (χ2n) is 5.15. The number of benzene rings is 1. The lowest BCUT2D eigenvalue weighted by atomic mass is 10.2. The Hall–Kier alpha value is -1.50. The number of amides is 1. The van der Waals surface area contributed by atoms with Gasteiger partial charge in [-0.15, -0.1) is 11.3 Å². The average molecular weight is 308 g/mol. The second kappa shape index (κ2) is 6.09. The number of aliphatic hydroxyl groups excluding tert-OH is 1. The van der Waals surface area contributed by atoms with E-state index in [9.17, 15) is 9.18 Å². The molecular formula is C15H17FN2O2S. The van der Waals surface area contributed by atoms with Gasteiger partial charge in [0, 0.05) is 37.4 Å². The third kappa shape index (κ3) is 3.07. The summed E-state index contributed by atoms with van der Waals surface area (Å²) in [6.07, 6.45) is 0. The fourth-order valence-electron chi connectivity index (χ4n) is 2.58. The van der Waals surface area contributed by atoms with Crippen molar-refractivity contribution in [3.8, 4) is 0 Å². The van der Waals surface area contributed by atoms with Gasteiger partial charge in [-0.2, -0.15) is 0 Å². The quantitative estimate of drug-likeness (QED) is 0.940. The highest BCUT2D eigenvalue weighted by Gasteiger charge is 2.23. The first-order chi connectivity index (χ1) is 10.2. The minimum Gasteiger partial charge on any atom is -0.395 e. The van der Waals surface area contributed by atoms with Gasteiger partial charge in [-0.3, -0.25) is 9.69 Å². The van der Waals surface area contributed by atoms with Crippen LogP contribution in [0.2, 0.25) is 0 Å². The van der Waals surface area contributed by atoms with E-state index in [1.54, 1.807) is 6.07 Å². The number of β-amino-alcohol motifs (C(OH)–C–C–N with tert-alkyl or cyclic N) is 1. The molecule has 1 aromatic heterocycles. The van der Waals surface area contributed by atoms with Crippen molar-refractivity contribution in [2.24, 2.45) is 0 Å². The van der Waals surface area contributed by atoms with Crippen LogP contribution >= 0.6 is 11.3 Å². The summed E-state index contributed by atoms with van der Waals surface area (Å²) in [4.78, 5) is 17.1. The Balaban J connectivity index is 1.72. The highest BCUT2D eigenvalue weighted by molar-refractivity contribution is 7.20. The Morgan fingerprint density at radius 3 is 2.71 bits per heavy atom. The smallest absolute Gasteiger partial charge is 0.264 e. The molecule has 1 N–H and O–H groups in total. The number of carbonyl (C=O) groups is 1. The lowest BCUT2D eigenvalue weighted by Gasteiger charge is -2.34. The van der Waals surface area contributed by atoms with Crippen LogP contribution in [-0.2, 0) is 0 Å². The summed E-state index contributed by atoms with van der Waals surface area (Å²) in [5.41, 5.74) is 0. The van der Waals surface area contributed by atoms with E-state index >= 15 is 0 Å². The van der Waals surface area contributed by atoms with Crippen molar-refractivity contribution in [2.75, 3.05) is 39.3 Å². The molecule has 0 aliphatic carbocycles. The predicted molar refractivity (Wildman–Crippen MR) is 81.2 cm³/mol. The number of hydrogen-bond acceptors (Lipinski definition) is 4. The van der Waals surface area contributed by atoms with Gasteiger partial charge in [0.05, 0.1) is 11.5 Å². The molecule has 1 saturated heterocycles. The number of thiophene rings is 1. The average Bonchev–Trinajstić information content (AvgIpc) is 2.90. The maximum atomic E-state index is 13.2. The van der Waals surface area contributed by atoms with Crippen LogP contribution in [0.5, 0.6) is 0 Å². The van der Waals surface area contributed by atoms with Gasteiger partial charge >= 0.3 is 0 Å². The first-order valence-electron chi connectivity index (χ1n) is 6.99. The van der Waals surface area contributed by atoms with E-state index in [-0.39, 0.29) is 18.3 Å². The second-order valence-corrected chi connectivity index (χ2v) is 6.23. The van der Waals surface area contributed by atoms with Crippen molar-refractivity contribution in [2.45, 2.75) is 0 Å². The standard InChI is InChI=1S/C15H17FN2O2S/c16-12-2-1-11-9-14(21-13(11)10-12)15(20)18-5-3-17(4-6-18)7-8-19/h1-2,9-10,19H,3-8H2. The van der Waals surface area contributed by atoms with Gasteiger partial charge in [0.15, 0.2) is 0 Å². The lowest BCUT2D eigenvalue weighted by molar-refractivity contribution is 0.0619. The maximum Gasteiger partial charge on any atom is 0.264 e. The molecule has 0 spiro atoms. The molecule has 4 nitrogen and oxygen atoms in total.